The third-order valence-electron chi connectivity index (χ3n) is 5.36. The maximum atomic E-state index is 12.8. The number of aromatic nitrogens is 3. The summed E-state index contributed by atoms with van der Waals surface area (Å²) < 4.78 is 28.0. The number of nitrogens with one attached hydrogen (secondary N) is 1. The zero-order valence-corrected chi connectivity index (χ0v) is 18.4. The summed E-state index contributed by atoms with van der Waals surface area (Å²) >= 11 is 0. The number of amides is 1. The zero-order chi connectivity index (χ0) is 22.0. The van der Waals surface area contributed by atoms with Crippen LogP contribution in [0.15, 0.2) is 53.4 Å². The van der Waals surface area contributed by atoms with Crippen molar-refractivity contribution >= 4 is 21.6 Å². The normalized spacial score (nSPS) is 14.2. The molecule has 1 aromatic heterocycles. The number of rotatable bonds is 5. The lowest BCUT2D eigenvalue weighted by Gasteiger charge is -2.12. The van der Waals surface area contributed by atoms with E-state index >= 15 is 0 Å². The van der Waals surface area contributed by atoms with Gasteiger partial charge >= 0.3 is 0 Å². The Labute approximate surface area is 182 Å². The van der Waals surface area contributed by atoms with Crippen molar-refractivity contribution in [2.75, 3.05) is 19.4 Å². The number of sulfonamides is 1. The smallest absolute Gasteiger partial charge is 0.255 e. The molecule has 2 aromatic carbocycles. The molecule has 0 aliphatic carbocycles. The molecule has 9 heteroatoms. The number of fused-ring (bicyclic) bond motifs is 1. The van der Waals surface area contributed by atoms with Crippen LogP contribution in [-0.2, 0) is 23.0 Å². The molecule has 1 aliphatic heterocycles. The monoisotopic (exact) mass is 439 g/mol. The Bertz CT molecular complexity index is 1220. The number of aryl methyl sites for hydroxylation is 1. The maximum absolute atomic E-state index is 12.8. The van der Waals surface area contributed by atoms with Gasteiger partial charge in [-0.05, 0) is 43.2 Å². The first-order valence-electron chi connectivity index (χ1n) is 10.2. The van der Waals surface area contributed by atoms with Gasteiger partial charge in [0.25, 0.3) is 5.91 Å². The minimum Gasteiger partial charge on any atom is -0.322 e. The molecule has 3 aromatic rings. The van der Waals surface area contributed by atoms with E-state index in [1.54, 1.807) is 18.2 Å². The molecule has 4 rings (SSSR count). The molecule has 0 fully saturated rings. The quantitative estimate of drug-likeness (QED) is 0.659. The third kappa shape index (κ3) is 4.38. The van der Waals surface area contributed by atoms with Gasteiger partial charge in [-0.15, -0.1) is 10.2 Å². The fraction of sp³-hybridized carbons (Fsp3) is 0.318. The van der Waals surface area contributed by atoms with Crippen molar-refractivity contribution in [3.8, 4) is 11.4 Å². The van der Waals surface area contributed by atoms with E-state index in [1.165, 1.54) is 32.6 Å². The molecular weight excluding hydrogens is 414 g/mol. The Kier molecular flexibility index (Phi) is 5.88. The molecule has 0 radical (unpaired) electrons. The molecule has 0 atom stereocenters. The minimum absolute atomic E-state index is 0.0741. The van der Waals surface area contributed by atoms with Crippen LogP contribution in [0.4, 0.5) is 5.69 Å². The van der Waals surface area contributed by atoms with Crippen molar-refractivity contribution in [3.63, 3.8) is 0 Å². The zero-order valence-electron chi connectivity index (χ0n) is 17.6. The predicted molar refractivity (Wildman–Crippen MR) is 118 cm³/mol. The topological polar surface area (TPSA) is 97.2 Å². The number of hydrogen-bond donors (Lipinski definition) is 1. The van der Waals surface area contributed by atoms with Crippen LogP contribution in [0.3, 0.4) is 0 Å². The van der Waals surface area contributed by atoms with Crippen LogP contribution in [0.5, 0.6) is 0 Å². The second-order valence-electron chi connectivity index (χ2n) is 7.75. The van der Waals surface area contributed by atoms with E-state index < -0.39 is 10.0 Å². The van der Waals surface area contributed by atoms with E-state index in [0.29, 0.717) is 5.69 Å². The standard InChI is InChI=1S/C22H25N5O3S/c1-26(2)31(29,30)19-11-7-9-17(15-19)22(28)23-18-10-6-8-16(14-18)21-25-24-20-12-4-3-5-13-27(20)21/h6-11,14-15H,3-5,12-13H2,1-2H3,(H,23,28). The summed E-state index contributed by atoms with van der Waals surface area (Å²) in [6, 6.07) is 13.5. The molecule has 2 heterocycles. The van der Waals surface area contributed by atoms with E-state index in [9.17, 15) is 13.2 Å². The molecule has 1 amide bonds. The summed E-state index contributed by atoms with van der Waals surface area (Å²) in [4.78, 5) is 12.9. The van der Waals surface area contributed by atoms with Crippen molar-refractivity contribution < 1.29 is 13.2 Å². The second-order valence-corrected chi connectivity index (χ2v) is 9.90. The highest BCUT2D eigenvalue weighted by Gasteiger charge is 2.19. The van der Waals surface area contributed by atoms with E-state index in [-0.39, 0.29) is 16.4 Å². The Balaban J connectivity index is 1.58. The summed E-state index contributed by atoms with van der Waals surface area (Å²) in [6.07, 6.45) is 4.33. The molecule has 0 spiro atoms. The minimum atomic E-state index is -3.62. The number of benzene rings is 2. The van der Waals surface area contributed by atoms with Gasteiger partial charge in [-0.2, -0.15) is 0 Å². The molecule has 8 nitrogen and oxygen atoms in total. The van der Waals surface area contributed by atoms with Gasteiger partial charge in [0.2, 0.25) is 10.0 Å². The van der Waals surface area contributed by atoms with Crippen LogP contribution in [0.25, 0.3) is 11.4 Å². The molecule has 31 heavy (non-hydrogen) atoms. The summed E-state index contributed by atoms with van der Waals surface area (Å²) in [6.45, 7) is 0.890. The van der Waals surface area contributed by atoms with Gasteiger partial charge < -0.3 is 9.88 Å². The average molecular weight is 440 g/mol. The molecule has 0 saturated heterocycles. The Morgan fingerprint density at radius 2 is 1.84 bits per heavy atom. The molecular formula is C22H25N5O3S. The highest BCUT2D eigenvalue weighted by Crippen LogP contribution is 2.25. The number of carbonyl (C=O) groups is 1. The molecule has 1 N–H and O–H groups in total. The van der Waals surface area contributed by atoms with E-state index in [2.05, 4.69) is 20.1 Å². The first-order chi connectivity index (χ1) is 14.9. The number of nitrogens with zero attached hydrogens (tertiary/aromatic N) is 4. The van der Waals surface area contributed by atoms with Crippen molar-refractivity contribution in [2.45, 2.75) is 37.1 Å². The highest BCUT2D eigenvalue weighted by atomic mass is 32.2. The lowest BCUT2D eigenvalue weighted by molar-refractivity contribution is 0.102. The third-order valence-corrected chi connectivity index (χ3v) is 7.17. The van der Waals surface area contributed by atoms with Gasteiger partial charge in [0.05, 0.1) is 4.90 Å². The molecule has 162 valence electrons. The predicted octanol–water partition coefficient (Wildman–Crippen LogP) is 3.17. The van der Waals surface area contributed by atoms with Gasteiger partial charge in [-0.3, -0.25) is 4.79 Å². The fourth-order valence-electron chi connectivity index (χ4n) is 3.65. The molecule has 0 bridgehead atoms. The second kappa shape index (κ2) is 8.60. The van der Waals surface area contributed by atoms with Gasteiger partial charge in [0.15, 0.2) is 5.82 Å². The van der Waals surface area contributed by atoms with Crippen LogP contribution >= 0.6 is 0 Å². The van der Waals surface area contributed by atoms with Gasteiger partial charge in [-0.1, -0.05) is 24.6 Å². The van der Waals surface area contributed by atoms with E-state index in [0.717, 1.165) is 47.3 Å². The summed E-state index contributed by atoms with van der Waals surface area (Å²) in [5, 5.41) is 11.6. The largest absolute Gasteiger partial charge is 0.322 e. The lowest BCUT2D eigenvalue weighted by atomic mass is 10.1. The summed E-state index contributed by atoms with van der Waals surface area (Å²) in [5.41, 5.74) is 1.75. The Morgan fingerprint density at radius 1 is 1.03 bits per heavy atom. The summed E-state index contributed by atoms with van der Waals surface area (Å²) in [7, 11) is -0.704. The van der Waals surface area contributed by atoms with Crippen molar-refractivity contribution in [1.82, 2.24) is 19.1 Å². The van der Waals surface area contributed by atoms with Crippen molar-refractivity contribution in [2.24, 2.45) is 0 Å². The van der Waals surface area contributed by atoms with Crippen LogP contribution in [0, 0.1) is 0 Å². The first kappa shape index (κ1) is 21.2. The number of carbonyl (C=O) groups excluding carboxylic acids is 1. The van der Waals surface area contributed by atoms with Crippen LogP contribution < -0.4 is 5.32 Å². The van der Waals surface area contributed by atoms with Crippen LogP contribution in [0.1, 0.15) is 35.4 Å². The van der Waals surface area contributed by atoms with Crippen molar-refractivity contribution in [3.05, 3.63) is 59.9 Å². The molecule has 0 saturated carbocycles. The van der Waals surface area contributed by atoms with Crippen LogP contribution in [-0.4, -0.2) is 47.5 Å². The Hall–Kier alpha value is -3.04. The SMILES string of the molecule is CN(C)S(=O)(=O)c1cccc(C(=O)Nc2cccc(-c3nnc4n3CCCCC4)c2)c1. The summed E-state index contributed by atoms with van der Waals surface area (Å²) in [5.74, 6) is 1.42. The first-order valence-corrected chi connectivity index (χ1v) is 11.7. The highest BCUT2D eigenvalue weighted by molar-refractivity contribution is 7.89. The van der Waals surface area contributed by atoms with E-state index in [4.69, 9.17) is 0 Å². The van der Waals surface area contributed by atoms with Gasteiger partial charge in [0.1, 0.15) is 5.82 Å². The van der Waals surface area contributed by atoms with Gasteiger partial charge in [-0.25, -0.2) is 12.7 Å². The van der Waals surface area contributed by atoms with Gasteiger partial charge in [0, 0.05) is 43.9 Å². The Morgan fingerprint density at radius 3 is 2.65 bits per heavy atom. The van der Waals surface area contributed by atoms with Crippen molar-refractivity contribution in [1.29, 1.82) is 0 Å². The fourth-order valence-corrected chi connectivity index (χ4v) is 4.59. The lowest BCUT2D eigenvalue weighted by Crippen LogP contribution is -2.22. The molecule has 1 aliphatic rings. The number of hydrogen-bond acceptors (Lipinski definition) is 5. The van der Waals surface area contributed by atoms with Crippen LogP contribution in [0.2, 0.25) is 0 Å². The average Bonchev–Trinajstić information content (AvgIpc) is 3.02. The molecule has 0 unspecified atom stereocenters. The number of anilines is 1. The maximum Gasteiger partial charge on any atom is 0.255 e. The van der Waals surface area contributed by atoms with E-state index in [1.807, 2.05) is 18.2 Å².